The molecule has 0 amide bonds. The molecule has 5 nitrogen and oxygen atoms in total. The molecule has 1 aromatic heterocycles. The molecule has 0 aliphatic heterocycles. The molecule has 0 aliphatic rings. The van der Waals surface area contributed by atoms with E-state index in [2.05, 4.69) is 4.98 Å². The second-order valence-electron chi connectivity index (χ2n) is 3.75. The number of nitrogens with zero attached hydrogens (tertiary/aromatic N) is 2. The fraction of sp³-hybridized carbons (Fsp3) is 0.0833. The van der Waals surface area contributed by atoms with E-state index in [0.717, 1.165) is 5.03 Å². The number of hydrogen-bond acceptors (Lipinski definition) is 5. The predicted molar refractivity (Wildman–Crippen MR) is 76.3 cm³/mol. The molecule has 2 aromatic rings. The van der Waals surface area contributed by atoms with Crippen LogP contribution in [0.15, 0.2) is 41.6 Å². The Balaban J connectivity index is 2.16. The van der Waals surface area contributed by atoms with E-state index in [4.69, 9.17) is 17.3 Å². The minimum atomic E-state index is -0.414. The fourth-order valence-electron chi connectivity index (χ4n) is 1.48. The van der Waals surface area contributed by atoms with Gasteiger partial charge in [0, 0.05) is 22.4 Å². The predicted octanol–water partition coefficient (Wildman–Crippen LogP) is 3.52. The van der Waals surface area contributed by atoms with Crippen molar-refractivity contribution in [3.63, 3.8) is 0 Å². The minimum absolute atomic E-state index is 0.0624. The molecule has 7 heteroatoms. The average molecular weight is 296 g/mol. The van der Waals surface area contributed by atoms with E-state index in [-0.39, 0.29) is 5.69 Å². The van der Waals surface area contributed by atoms with E-state index in [1.54, 1.807) is 24.4 Å². The number of pyridine rings is 1. The first-order valence-corrected chi connectivity index (χ1v) is 6.70. The van der Waals surface area contributed by atoms with Gasteiger partial charge in [0.15, 0.2) is 0 Å². The number of benzene rings is 1. The van der Waals surface area contributed by atoms with Gasteiger partial charge in [-0.3, -0.25) is 10.1 Å². The summed E-state index contributed by atoms with van der Waals surface area (Å²) in [7, 11) is 0. The van der Waals surface area contributed by atoms with E-state index in [1.165, 1.54) is 23.9 Å². The van der Waals surface area contributed by atoms with Gasteiger partial charge in [0.05, 0.1) is 21.8 Å². The third-order valence-electron chi connectivity index (χ3n) is 2.37. The van der Waals surface area contributed by atoms with Crippen molar-refractivity contribution >= 4 is 34.7 Å². The topological polar surface area (TPSA) is 82.0 Å². The number of thioether (sulfide) groups is 1. The zero-order chi connectivity index (χ0) is 13.8. The highest BCUT2D eigenvalue weighted by molar-refractivity contribution is 7.98. The van der Waals surface area contributed by atoms with Gasteiger partial charge in [-0.25, -0.2) is 4.98 Å². The molecule has 1 aromatic carbocycles. The lowest BCUT2D eigenvalue weighted by molar-refractivity contribution is -0.385. The van der Waals surface area contributed by atoms with E-state index < -0.39 is 4.92 Å². The minimum Gasteiger partial charge on any atom is -0.397 e. The Labute approximate surface area is 118 Å². The van der Waals surface area contributed by atoms with Crippen LogP contribution in [0.25, 0.3) is 0 Å². The zero-order valence-electron chi connectivity index (χ0n) is 9.75. The Kier molecular flexibility index (Phi) is 4.24. The van der Waals surface area contributed by atoms with Crippen LogP contribution in [0.5, 0.6) is 0 Å². The molecule has 0 aliphatic carbocycles. The molecule has 0 atom stereocenters. The Hall–Kier alpha value is -1.79. The van der Waals surface area contributed by atoms with Gasteiger partial charge in [-0.2, -0.15) is 0 Å². The third kappa shape index (κ3) is 3.59. The summed E-state index contributed by atoms with van der Waals surface area (Å²) in [6.07, 6.45) is 1.55. The molecule has 98 valence electrons. The molecule has 1 heterocycles. The van der Waals surface area contributed by atoms with Crippen molar-refractivity contribution in [3.8, 4) is 0 Å². The molecule has 0 saturated heterocycles. The smallest absolute Gasteiger partial charge is 0.273 e. The van der Waals surface area contributed by atoms with Gasteiger partial charge in [-0.05, 0) is 24.3 Å². The summed E-state index contributed by atoms with van der Waals surface area (Å²) in [5, 5.41) is 12.1. The summed E-state index contributed by atoms with van der Waals surface area (Å²) in [6, 6.07) is 8.03. The maximum absolute atomic E-state index is 10.9. The molecule has 0 unspecified atom stereocenters. The Morgan fingerprint density at radius 2 is 2.16 bits per heavy atom. The number of halogens is 1. The van der Waals surface area contributed by atoms with Crippen LogP contribution in [0, 0.1) is 10.1 Å². The van der Waals surface area contributed by atoms with Gasteiger partial charge in [0.1, 0.15) is 0 Å². The van der Waals surface area contributed by atoms with E-state index in [0.29, 0.717) is 22.0 Å². The number of nitrogens with two attached hydrogens (primary N) is 1. The Morgan fingerprint density at radius 1 is 1.37 bits per heavy atom. The van der Waals surface area contributed by atoms with Crippen molar-refractivity contribution in [2.24, 2.45) is 0 Å². The maximum atomic E-state index is 10.9. The highest BCUT2D eigenvalue weighted by Gasteiger charge is 2.14. The van der Waals surface area contributed by atoms with Crippen molar-refractivity contribution < 1.29 is 4.92 Å². The maximum Gasteiger partial charge on any atom is 0.273 e. The van der Waals surface area contributed by atoms with Gasteiger partial charge in [0.25, 0.3) is 5.69 Å². The summed E-state index contributed by atoms with van der Waals surface area (Å²) in [5.41, 5.74) is 6.75. The number of nitro benzene ring substituents is 1. The van der Waals surface area contributed by atoms with Crippen molar-refractivity contribution in [1.82, 2.24) is 4.98 Å². The Bertz CT molecular complexity index is 604. The molecule has 2 N–H and O–H groups in total. The lowest BCUT2D eigenvalue weighted by atomic mass is 10.2. The van der Waals surface area contributed by atoms with Crippen LogP contribution < -0.4 is 5.73 Å². The Morgan fingerprint density at radius 3 is 2.79 bits per heavy atom. The first-order chi connectivity index (χ1) is 9.06. The summed E-state index contributed by atoms with van der Waals surface area (Å²) >= 11 is 7.25. The molecule has 0 fully saturated rings. The lowest BCUT2D eigenvalue weighted by Gasteiger charge is -2.04. The van der Waals surface area contributed by atoms with Crippen molar-refractivity contribution in [2.45, 2.75) is 10.8 Å². The van der Waals surface area contributed by atoms with Crippen LogP contribution in [0.3, 0.4) is 0 Å². The molecule has 0 bridgehead atoms. The summed E-state index contributed by atoms with van der Waals surface area (Å²) in [6.45, 7) is 0. The van der Waals surface area contributed by atoms with Crippen LogP contribution in [-0.4, -0.2) is 9.91 Å². The number of aromatic nitrogens is 1. The molecule has 19 heavy (non-hydrogen) atoms. The summed E-state index contributed by atoms with van der Waals surface area (Å²) in [4.78, 5) is 14.6. The summed E-state index contributed by atoms with van der Waals surface area (Å²) in [5.74, 6) is 0.424. The second kappa shape index (κ2) is 5.90. The molecule has 0 saturated carbocycles. The second-order valence-corrected chi connectivity index (χ2v) is 5.18. The van der Waals surface area contributed by atoms with Crippen LogP contribution in [0.2, 0.25) is 5.02 Å². The van der Waals surface area contributed by atoms with E-state index >= 15 is 0 Å². The third-order valence-corrected chi connectivity index (χ3v) is 3.60. The van der Waals surface area contributed by atoms with Gasteiger partial charge < -0.3 is 5.73 Å². The van der Waals surface area contributed by atoms with Crippen LogP contribution in [-0.2, 0) is 5.75 Å². The number of anilines is 1. The van der Waals surface area contributed by atoms with Gasteiger partial charge >= 0.3 is 0 Å². The van der Waals surface area contributed by atoms with Crippen LogP contribution in [0.4, 0.5) is 11.4 Å². The standard InChI is InChI=1S/C12H10ClN3O2S/c13-9-1-3-11(16(17)18)8(5-9)7-19-12-4-2-10(14)6-15-12/h1-6H,7,14H2. The highest BCUT2D eigenvalue weighted by atomic mass is 35.5. The molecular weight excluding hydrogens is 286 g/mol. The normalized spacial score (nSPS) is 10.4. The number of nitrogen functional groups attached to an aromatic ring is 1. The van der Waals surface area contributed by atoms with Gasteiger partial charge in [-0.1, -0.05) is 11.6 Å². The number of rotatable bonds is 4. The SMILES string of the molecule is Nc1ccc(SCc2cc(Cl)ccc2[N+](=O)[O-])nc1. The lowest BCUT2D eigenvalue weighted by Crippen LogP contribution is -1.94. The molecule has 0 radical (unpaired) electrons. The average Bonchev–Trinajstić information content (AvgIpc) is 2.38. The largest absolute Gasteiger partial charge is 0.397 e. The van der Waals surface area contributed by atoms with Crippen molar-refractivity contribution in [3.05, 3.63) is 57.2 Å². The van der Waals surface area contributed by atoms with Gasteiger partial charge in [0.2, 0.25) is 0 Å². The monoisotopic (exact) mass is 295 g/mol. The number of nitro groups is 1. The fourth-order valence-corrected chi connectivity index (χ4v) is 2.50. The molecular formula is C12H10ClN3O2S. The van der Waals surface area contributed by atoms with E-state index in [9.17, 15) is 10.1 Å². The molecule has 2 rings (SSSR count). The zero-order valence-corrected chi connectivity index (χ0v) is 11.3. The summed E-state index contributed by atoms with van der Waals surface area (Å²) < 4.78 is 0. The quantitative estimate of drug-likeness (QED) is 0.530. The molecule has 0 spiro atoms. The highest BCUT2D eigenvalue weighted by Crippen LogP contribution is 2.29. The van der Waals surface area contributed by atoms with Crippen molar-refractivity contribution in [2.75, 3.05) is 5.73 Å². The van der Waals surface area contributed by atoms with Crippen LogP contribution in [0.1, 0.15) is 5.56 Å². The van der Waals surface area contributed by atoms with Gasteiger partial charge in [-0.15, -0.1) is 11.8 Å². The first-order valence-electron chi connectivity index (χ1n) is 5.33. The number of hydrogen-bond donors (Lipinski definition) is 1. The van der Waals surface area contributed by atoms with Crippen LogP contribution >= 0.6 is 23.4 Å². The first kappa shape index (κ1) is 13.6. The van der Waals surface area contributed by atoms with E-state index in [1.807, 2.05) is 0 Å². The van der Waals surface area contributed by atoms with Crippen molar-refractivity contribution in [1.29, 1.82) is 0 Å².